The molecule has 0 radical (unpaired) electrons. The lowest BCUT2D eigenvalue weighted by atomic mass is 9.87. The summed E-state index contributed by atoms with van der Waals surface area (Å²) in [6.45, 7) is 11.9. The lowest BCUT2D eigenvalue weighted by Crippen LogP contribution is -2.25. The molecule has 0 amide bonds. The molecule has 0 saturated carbocycles. The molecular formula is C18H30O2. The molecule has 2 atom stereocenters. The van der Waals surface area contributed by atoms with Gasteiger partial charge in [-0.2, -0.15) is 0 Å². The Morgan fingerprint density at radius 1 is 1.45 bits per heavy atom. The van der Waals surface area contributed by atoms with Gasteiger partial charge < -0.3 is 4.74 Å². The van der Waals surface area contributed by atoms with Crippen LogP contribution in [0, 0.1) is 11.8 Å². The molecule has 0 aliphatic heterocycles. The molecule has 0 N–H and O–H groups in total. The molecule has 0 fully saturated rings. The van der Waals surface area contributed by atoms with Crippen molar-refractivity contribution < 1.29 is 9.53 Å². The van der Waals surface area contributed by atoms with Gasteiger partial charge in [0, 0.05) is 5.57 Å². The van der Waals surface area contributed by atoms with E-state index in [-0.39, 0.29) is 5.97 Å². The molecule has 20 heavy (non-hydrogen) atoms. The third-order valence-electron chi connectivity index (χ3n) is 3.96. The summed E-state index contributed by atoms with van der Waals surface area (Å²) < 4.78 is 5.51. The van der Waals surface area contributed by atoms with E-state index in [1.165, 1.54) is 12.8 Å². The lowest BCUT2D eigenvalue weighted by Gasteiger charge is -2.21. The van der Waals surface area contributed by atoms with Crippen LogP contribution in [-0.2, 0) is 9.53 Å². The Kier molecular flexibility index (Phi) is 6.51. The fourth-order valence-electron chi connectivity index (χ4n) is 2.71. The minimum Gasteiger partial charge on any atom is -0.457 e. The second-order valence-corrected chi connectivity index (χ2v) is 6.85. The summed E-state index contributed by atoms with van der Waals surface area (Å²) in [5, 5.41) is 0. The monoisotopic (exact) mass is 278 g/mol. The highest BCUT2D eigenvalue weighted by Gasteiger charge is 2.22. The van der Waals surface area contributed by atoms with Gasteiger partial charge >= 0.3 is 5.97 Å². The first-order valence-electron chi connectivity index (χ1n) is 7.90. The maximum Gasteiger partial charge on any atom is 0.334 e. The van der Waals surface area contributed by atoms with Crippen molar-refractivity contribution in [2.75, 3.05) is 0 Å². The molecule has 0 bridgehead atoms. The second kappa shape index (κ2) is 7.66. The number of hydrogen-bond acceptors (Lipinski definition) is 2. The van der Waals surface area contributed by atoms with E-state index >= 15 is 0 Å². The van der Waals surface area contributed by atoms with Crippen molar-refractivity contribution >= 4 is 5.97 Å². The molecule has 1 aliphatic rings. The van der Waals surface area contributed by atoms with Gasteiger partial charge in [0.2, 0.25) is 0 Å². The van der Waals surface area contributed by atoms with Crippen molar-refractivity contribution in [2.45, 2.75) is 71.8 Å². The lowest BCUT2D eigenvalue weighted by molar-refractivity contribution is -0.150. The van der Waals surface area contributed by atoms with Crippen LogP contribution in [0.2, 0.25) is 0 Å². The summed E-state index contributed by atoms with van der Waals surface area (Å²) in [6, 6.07) is 0. The fraction of sp³-hybridized carbons (Fsp3) is 0.722. The molecule has 114 valence electrons. The van der Waals surface area contributed by atoms with Crippen LogP contribution in [0.25, 0.3) is 0 Å². The average Bonchev–Trinajstić information content (AvgIpc) is 2.46. The third-order valence-corrected chi connectivity index (χ3v) is 3.96. The predicted molar refractivity (Wildman–Crippen MR) is 84.5 cm³/mol. The van der Waals surface area contributed by atoms with Crippen molar-refractivity contribution in [3.63, 3.8) is 0 Å². The van der Waals surface area contributed by atoms with Gasteiger partial charge in [-0.25, -0.2) is 4.79 Å². The number of ether oxygens (including phenoxy) is 1. The van der Waals surface area contributed by atoms with Crippen molar-refractivity contribution in [3.05, 3.63) is 24.3 Å². The first-order chi connectivity index (χ1) is 9.35. The van der Waals surface area contributed by atoms with Gasteiger partial charge in [0.05, 0.1) is 0 Å². The molecule has 1 rings (SSSR count). The molecule has 0 spiro atoms. The maximum absolute atomic E-state index is 12.2. The molecule has 0 saturated heterocycles. The van der Waals surface area contributed by atoms with Crippen molar-refractivity contribution in [1.82, 2.24) is 0 Å². The third kappa shape index (κ3) is 5.94. The Hall–Kier alpha value is -1.05. The van der Waals surface area contributed by atoms with Gasteiger partial charge in [0.15, 0.2) is 0 Å². The smallest absolute Gasteiger partial charge is 0.334 e. The largest absolute Gasteiger partial charge is 0.457 e. The predicted octanol–water partition coefficient (Wildman–Crippen LogP) is 5.05. The first kappa shape index (κ1) is 17.0. The first-order valence-corrected chi connectivity index (χ1v) is 7.90. The molecule has 0 heterocycles. The van der Waals surface area contributed by atoms with Crippen molar-refractivity contribution in [2.24, 2.45) is 11.8 Å². The van der Waals surface area contributed by atoms with E-state index in [9.17, 15) is 4.79 Å². The molecular weight excluding hydrogens is 248 g/mol. The number of esters is 1. The van der Waals surface area contributed by atoms with Crippen LogP contribution in [0.1, 0.15) is 66.2 Å². The maximum atomic E-state index is 12.2. The zero-order valence-corrected chi connectivity index (χ0v) is 13.6. The minimum atomic E-state index is -0.413. The van der Waals surface area contributed by atoms with Crippen LogP contribution in [0.15, 0.2) is 24.3 Å². The van der Waals surface area contributed by atoms with Crippen LogP contribution >= 0.6 is 0 Å². The van der Waals surface area contributed by atoms with Gasteiger partial charge in [-0.15, -0.1) is 6.58 Å². The Morgan fingerprint density at radius 2 is 2.15 bits per heavy atom. The van der Waals surface area contributed by atoms with E-state index in [1.807, 2.05) is 20.8 Å². The SMILES string of the molecule is C=CC1CCC=C(C(=O)OC(C)(C)C)CCC(CC)C1. The van der Waals surface area contributed by atoms with Crippen LogP contribution in [0.3, 0.4) is 0 Å². The van der Waals surface area contributed by atoms with E-state index < -0.39 is 5.60 Å². The van der Waals surface area contributed by atoms with Crippen molar-refractivity contribution in [1.29, 1.82) is 0 Å². The Balaban J connectivity index is 2.75. The molecule has 2 unspecified atom stereocenters. The van der Waals surface area contributed by atoms with Crippen LogP contribution in [0.5, 0.6) is 0 Å². The van der Waals surface area contributed by atoms with Gasteiger partial charge in [-0.05, 0) is 64.7 Å². The zero-order chi connectivity index (χ0) is 15.2. The van der Waals surface area contributed by atoms with Gasteiger partial charge in [0.25, 0.3) is 0 Å². The van der Waals surface area contributed by atoms with Gasteiger partial charge in [-0.1, -0.05) is 25.5 Å². The summed E-state index contributed by atoms with van der Waals surface area (Å²) in [7, 11) is 0. The van der Waals surface area contributed by atoms with Crippen LogP contribution < -0.4 is 0 Å². The quantitative estimate of drug-likeness (QED) is 0.533. The minimum absolute atomic E-state index is 0.135. The van der Waals surface area contributed by atoms with E-state index in [2.05, 4.69) is 25.7 Å². The summed E-state index contributed by atoms with van der Waals surface area (Å²) in [5.41, 5.74) is 0.451. The summed E-state index contributed by atoms with van der Waals surface area (Å²) in [4.78, 5) is 12.2. The Morgan fingerprint density at radius 3 is 2.70 bits per heavy atom. The number of allylic oxidation sites excluding steroid dienone is 2. The zero-order valence-electron chi connectivity index (χ0n) is 13.6. The van der Waals surface area contributed by atoms with Gasteiger partial charge in [0.1, 0.15) is 5.60 Å². The highest BCUT2D eigenvalue weighted by Crippen LogP contribution is 2.29. The highest BCUT2D eigenvalue weighted by molar-refractivity contribution is 5.88. The Bertz CT molecular complexity index is 360. The van der Waals surface area contributed by atoms with Crippen molar-refractivity contribution in [3.8, 4) is 0 Å². The molecule has 0 aromatic heterocycles. The molecule has 2 heteroatoms. The van der Waals surface area contributed by atoms with Crippen LogP contribution in [-0.4, -0.2) is 11.6 Å². The number of rotatable bonds is 3. The summed E-state index contributed by atoms with van der Waals surface area (Å²) in [5.74, 6) is 1.13. The number of carbonyl (C=O) groups excluding carboxylic acids is 1. The van der Waals surface area contributed by atoms with Crippen LogP contribution in [0.4, 0.5) is 0 Å². The summed E-state index contributed by atoms with van der Waals surface area (Å²) in [6.07, 6.45) is 10.5. The second-order valence-electron chi connectivity index (χ2n) is 6.85. The molecule has 0 aromatic carbocycles. The Labute approximate surface area is 124 Å². The topological polar surface area (TPSA) is 26.3 Å². The molecule has 2 nitrogen and oxygen atoms in total. The highest BCUT2D eigenvalue weighted by atomic mass is 16.6. The average molecular weight is 278 g/mol. The fourth-order valence-corrected chi connectivity index (χ4v) is 2.71. The molecule has 1 aliphatic carbocycles. The number of hydrogen-bond donors (Lipinski definition) is 0. The molecule has 0 aromatic rings. The number of carbonyl (C=O) groups is 1. The van der Waals surface area contributed by atoms with E-state index in [4.69, 9.17) is 4.74 Å². The standard InChI is InChI=1S/C18H30O2/c1-6-14-9-8-10-16(12-11-15(7-2)13-14)17(19)20-18(3,4)5/h6,10,14-15H,1,7-9,11-13H2,2-5H3. The van der Waals surface area contributed by atoms with E-state index in [0.717, 1.165) is 31.3 Å². The van der Waals surface area contributed by atoms with E-state index in [0.29, 0.717) is 11.8 Å². The normalized spacial score (nSPS) is 24.9. The van der Waals surface area contributed by atoms with E-state index in [1.54, 1.807) is 0 Å². The summed E-state index contributed by atoms with van der Waals surface area (Å²) >= 11 is 0. The van der Waals surface area contributed by atoms with Gasteiger partial charge in [-0.3, -0.25) is 0 Å².